The van der Waals surface area contributed by atoms with Crippen LogP contribution < -0.4 is 10.6 Å². The summed E-state index contributed by atoms with van der Waals surface area (Å²) in [4.78, 5) is 16.1. The highest BCUT2D eigenvalue weighted by Crippen LogP contribution is 2.09. The Hall–Kier alpha value is -1.14. The van der Waals surface area contributed by atoms with Crippen LogP contribution in [0, 0.1) is 0 Å². The summed E-state index contributed by atoms with van der Waals surface area (Å²) in [6.45, 7) is 8.97. The molecule has 1 atom stereocenters. The monoisotopic (exact) mass is 385 g/mol. The van der Waals surface area contributed by atoms with E-state index in [1.165, 1.54) is 0 Å². The lowest BCUT2D eigenvalue weighted by Gasteiger charge is -2.22. The van der Waals surface area contributed by atoms with Crippen molar-refractivity contribution in [1.29, 1.82) is 0 Å². The maximum absolute atomic E-state index is 11.8. The second-order valence-electron chi connectivity index (χ2n) is 6.57. The topological polar surface area (TPSA) is 63.2 Å². The van der Waals surface area contributed by atoms with Crippen LogP contribution in [-0.2, 0) is 11.3 Å². The molecule has 0 saturated carbocycles. The van der Waals surface area contributed by atoms with E-state index < -0.39 is 5.60 Å². The predicted molar refractivity (Wildman–Crippen MR) is 96.3 cm³/mol. The van der Waals surface area contributed by atoms with E-state index >= 15 is 0 Å². The highest BCUT2D eigenvalue weighted by atomic mass is 79.9. The van der Waals surface area contributed by atoms with Gasteiger partial charge in [-0.1, -0.05) is 19.8 Å². The van der Waals surface area contributed by atoms with Crippen molar-refractivity contribution in [2.45, 2.75) is 65.1 Å². The Balaban J connectivity index is 2.45. The fraction of sp³-hybridized carbons (Fsp3) is 0.647. The average Bonchev–Trinajstić information content (AvgIpc) is 2.46. The number of carbonyl (C=O) groups is 1. The minimum Gasteiger partial charge on any atom is -0.444 e. The van der Waals surface area contributed by atoms with Crippen molar-refractivity contribution in [2.24, 2.45) is 0 Å². The molecule has 0 radical (unpaired) electrons. The predicted octanol–water partition coefficient (Wildman–Crippen LogP) is 4.02. The molecule has 5 nitrogen and oxygen atoms in total. The maximum atomic E-state index is 11.8. The van der Waals surface area contributed by atoms with Gasteiger partial charge in [-0.2, -0.15) is 0 Å². The zero-order chi connectivity index (χ0) is 17.3. The number of alkyl carbamates (subject to hydrolysis) is 1. The van der Waals surface area contributed by atoms with E-state index in [0.29, 0.717) is 13.1 Å². The van der Waals surface area contributed by atoms with Gasteiger partial charge < -0.3 is 15.4 Å². The number of nitrogens with one attached hydrogen (secondary N) is 2. The summed E-state index contributed by atoms with van der Waals surface area (Å²) in [7, 11) is 0. The second kappa shape index (κ2) is 9.88. The number of pyridine rings is 1. The normalized spacial score (nSPS) is 12.7. The van der Waals surface area contributed by atoms with Crippen molar-refractivity contribution in [2.75, 3.05) is 6.54 Å². The van der Waals surface area contributed by atoms with Crippen molar-refractivity contribution in [1.82, 2.24) is 15.6 Å². The average molecular weight is 386 g/mol. The van der Waals surface area contributed by atoms with Gasteiger partial charge in [0.15, 0.2) is 0 Å². The Morgan fingerprint density at radius 1 is 1.39 bits per heavy atom. The molecule has 1 unspecified atom stereocenters. The van der Waals surface area contributed by atoms with E-state index in [0.717, 1.165) is 29.4 Å². The van der Waals surface area contributed by atoms with Crippen molar-refractivity contribution in [3.8, 4) is 0 Å². The molecular weight excluding hydrogens is 358 g/mol. The first-order valence-corrected chi connectivity index (χ1v) is 8.90. The summed E-state index contributed by atoms with van der Waals surface area (Å²) in [5.74, 6) is 0. The molecule has 2 N–H and O–H groups in total. The molecule has 1 aromatic heterocycles. The van der Waals surface area contributed by atoms with E-state index in [-0.39, 0.29) is 12.1 Å². The summed E-state index contributed by atoms with van der Waals surface area (Å²) in [6.07, 6.45) is 4.66. The summed E-state index contributed by atoms with van der Waals surface area (Å²) in [5, 5.41) is 6.30. The van der Waals surface area contributed by atoms with Gasteiger partial charge in [-0.05, 0) is 55.3 Å². The molecule has 0 aliphatic rings. The van der Waals surface area contributed by atoms with Gasteiger partial charge in [0.05, 0.1) is 5.69 Å². The number of unbranched alkanes of at least 4 members (excludes halogenated alkanes) is 1. The minimum absolute atomic E-state index is 0.202. The first kappa shape index (κ1) is 19.9. The van der Waals surface area contributed by atoms with Crippen LogP contribution in [0.2, 0.25) is 0 Å². The first-order chi connectivity index (χ1) is 10.8. The van der Waals surface area contributed by atoms with Crippen LogP contribution in [0.5, 0.6) is 0 Å². The zero-order valence-electron chi connectivity index (χ0n) is 14.5. The minimum atomic E-state index is -0.474. The summed E-state index contributed by atoms with van der Waals surface area (Å²) >= 11 is 3.38. The Morgan fingerprint density at radius 3 is 2.70 bits per heavy atom. The number of rotatable bonds is 8. The van der Waals surface area contributed by atoms with E-state index in [9.17, 15) is 4.79 Å². The number of hydrogen-bond acceptors (Lipinski definition) is 4. The van der Waals surface area contributed by atoms with Gasteiger partial charge >= 0.3 is 6.09 Å². The Kier molecular flexibility index (Phi) is 8.55. The number of amides is 1. The van der Waals surface area contributed by atoms with Gasteiger partial charge in [0.2, 0.25) is 0 Å². The van der Waals surface area contributed by atoms with Crippen LogP contribution in [0.25, 0.3) is 0 Å². The molecule has 1 aromatic rings. The lowest BCUT2D eigenvalue weighted by Crippen LogP contribution is -2.42. The second-order valence-corrected chi connectivity index (χ2v) is 7.49. The summed E-state index contributed by atoms with van der Waals surface area (Å²) < 4.78 is 6.24. The Labute approximate surface area is 147 Å². The number of hydrogen-bond donors (Lipinski definition) is 2. The molecule has 1 amide bonds. The Bertz CT molecular complexity index is 472. The maximum Gasteiger partial charge on any atom is 0.407 e. The van der Waals surface area contributed by atoms with Crippen molar-refractivity contribution < 1.29 is 9.53 Å². The number of aromatic nitrogens is 1. The number of ether oxygens (including phenoxy) is 1. The molecule has 0 fully saturated rings. The Morgan fingerprint density at radius 2 is 2.13 bits per heavy atom. The number of halogens is 1. The van der Waals surface area contributed by atoms with E-state index in [4.69, 9.17) is 4.74 Å². The van der Waals surface area contributed by atoms with Crippen LogP contribution in [0.4, 0.5) is 4.79 Å². The molecule has 0 aliphatic carbocycles. The quantitative estimate of drug-likeness (QED) is 0.709. The van der Waals surface area contributed by atoms with Crippen molar-refractivity contribution in [3.05, 3.63) is 28.5 Å². The first-order valence-electron chi connectivity index (χ1n) is 8.11. The molecule has 1 heterocycles. The summed E-state index contributed by atoms with van der Waals surface area (Å²) in [6, 6.07) is 4.16. The third kappa shape index (κ3) is 9.56. The van der Waals surface area contributed by atoms with Crippen LogP contribution in [0.3, 0.4) is 0 Å². The lowest BCUT2D eigenvalue weighted by atomic mass is 10.1. The lowest BCUT2D eigenvalue weighted by molar-refractivity contribution is 0.0521. The molecule has 6 heteroatoms. The third-order valence-corrected chi connectivity index (χ3v) is 3.63. The number of carbonyl (C=O) groups excluding carboxylic acids is 1. The molecule has 130 valence electrons. The molecule has 0 spiro atoms. The fourth-order valence-electron chi connectivity index (χ4n) is 2.01. The molecule has 0 aliphatic heterocycles. The van der Waals surface area contributed by atoms with Crippen molar-refractivity contribution >= 4 is 22.0 Å². The molecule has 23 heavy (non-hydrogen) atoms. The fourth-order valence-corrected chi connectivity index (χ4v) is 2.24. The van der Waals surface area contributed by atoms with Gasteiger partial charge in [-0.15, -0.1) is 0 Å². The van der Waals surface area contributed by atoms with Crippen molar-refractivity contribution in [3.63, 3.8) is 0 Å². The van der Waals surface area contributed by atoms with Crippen LogP contribution in [0.1, 0.15) is 52.7 Å². The SMILES string of the molecule is CCCCC(CNC(=O)OC(C)(C)C)NCc1ccc(Br)cn1. The molecule has 0 bridgehead atoms. The van der Waals surface area contributed by atoms with Gasteiger partial charge in [0.25, 0.3) is 0 Å². The zero-order valence-corrected chi connectivity index (χ0v) is 16.1. The molecule has 0 aromatic carbocycles. The third-order valence-electron chi connectivity index (χ3n) is 3.16. The van der Waals surface area contributed by atoms with E-state index in [1.54, 1.807) is 6.20 Å². The van der Waals surface area contributed by atoms with Gasteiger partial charge in [0, 0.05) is 29.8 Å². The van der Waals surface area contributed by atoms with E-state index in [1.807, 2.05) is 32.9 Å². The van der Waals surface area contributed by atoms with Crippen LogP contribution in [-0.4, -0.2) is 29.3 Å². The standard InChI is InChI=1S/C17H28BrN3O2/c1-5-6-7-14(12-21-16(22)23-17(2,3)4)20-11-15-9-8-13(18)10-19-15/h8-10,14,20H,5-7,11-12H2,1-4H3,(H,21,22). The smallest absolute Gasteiger partial charge is 0.407 e. The highest BCUT2D eigenvalue weighted by Gasteiger charge is 2.17. The van der Waals surface area contributed by atoms with Crippen LogP contribution in [0.15, 0.2) is 22.8 Å². The van der Waals surface area contributed by atoms with E-state index in [2.05, 4.69) is 38.5 Å². The van der Waals surface area contributed by atoms with Gasteiger partial charge in [0.1, 0.15) is 5.60 Å². The molecular formula is C17H28BrN3O2. The van der Waals surface area contributed by atoms with Crippen LogP contribution >= 0.6 is 15.9 Å². The molecule has 0 saturated heterocycles. The highest BCUT2D eigenvalue weighted by molar-refractivity contribution is 9.10. The molecule has 1 rings (SSSR count). The summed E-state index contributed by atoms with van der Waals surface area (Å²) in [5.41, 5.74) is 0.504. The van der Waals surface area contributed by atoms with Gasteiger partial charge in [-0.3, -0.25) is 4.98 Å². The largest absolute Gasteiger partial charge is 0.444 e. The number of nitrogens with zero attached hydrogens (tertiary/aromatic N) is 1. The van der Waals surface area contributed by atoms with Gasteiger partial charge in [-0.25, -0.2) is 4.79 Å².